The standard InChI is InChI=1S/C28H38N2O4S/c1-4-7-22(14-15-29-27(32)23(18-35)16-19(2)3)26(31)30-17-20-10-12-21(13-11-20)24-8-5-6-9-25(24)28(33)34/h5-6,8-13,19,22-23,35H,4,7,14-18H2,1-3H3,(H,29,32)(H,30,31)(H,33,34). The number of amides is 2. The number of nitrogens with one attached hydrogen (secondary N) is 2. The molecule has 0 aromatic heterocycles. The Labute approximate surface area is 214 Å². The number of hydrogen-bond donors (Lipinski definition) is 4. The molecule has 0 spiro atoms. The van der Waals surface area contributed by atoms with Gasteiger partial charge in [-0.1, -0.05) is 69.7 Å². The second-order valence-electron chi connectivity index (χ2n) is 9.34. The van der Waals surface area contributed by atoms with Crippen LogP contribution in [0.4, 0.5) is 0 Å². The summed E-state index contributed by atoms with van der Waals surface area (Å²) < 4.78 is 0. The third-order valence-corrected chi connectivity index (χ3v) is 6.48. The van der Waals surface area contributed by atoms with Gasteiger partial charge in [-0.25, -0.2) is 4.79 Å². The fraction of sp³-hybridized carbons (Fsp3) is 0.464. The van der Waals surface area contributed by atoms with Gasteiger partial charge in [-0.2, -0.15) is 12.6 Å². The molecule has 7 heteroatoms. The topological polar surface area (TPSA) is 95.5 Å². The lowest BCUT2D eigenvalue weighted by Gasteiger charge is -2.19. The van der Waals surface area contributed by atoms with Crippen LogP contribution in [0, 0.1) is 17.8 Å². The molecule has 2 aromatic rings. The minimum Gasteiger partial charge on any atom is -0.478 e. The molecule has 0 saturated heterocycles. The van der Waals surface area contributed by atoms with Crippen molar-refractivity contribution in [3.8, 4) is 11.1 Å². The molecule has 0 saturated carbocycles. The second kappa shape index (κ2) is 14.6. The third-order valence-electron chi connectivity index (χ3n) is 6.04. The minimum atomic E-state index is -0.962. The highest BCUT2D eigenvalue weighted by Gasteiger charge is 2.21. The maximum Gasteiger partial charge on any atom is 0.336 e. The van der Waals surface area contributed by atoms with Crippen molar-refractivity contribution < 1.29 is 19.5 Å². The number of rotatable bonds is 14. The van der Waals surface area contributed by atoms with Crippen molar-refractivity contribution in [1.82, 2.24) is 10.6 Å². The molecule has 3 N–H and O–H groups in total. The Morgan fingerprint density at radius 3 is 2.17 bits per heavy atom. The van der Waals surface area contributed by atoms with Crippen LogP contribution in [0.2, 0.25) is 0 Å². The molecule has 0 aliphatic rings. The van der Waals surface area contributed by atoms with Gasteiger partial charge in [0.25, 0.3) is 0 Å². The highest BCUT2D eigenvalue weighted by atomic mass is 32.1. The van der Waals surface area contributed by atoms with Crippen molar-refractivity contribution in [3.05, 3.63) is 59.7 Å². The first-order valence-electron chi connectivity index (χ1n) is 12.3. The summed E-state index contributed by atoms with van der Waals surface area (Å²) in [6, 6.07) is 14.4. The van der Waals surface area contributed by atoms with Crippen LogP contribution >= 0.6 is 12.6 Å². The molecule has 2 rings (SSSR count). The Kier molecular flexibility index (Phi) is 11.8. The molecular weight excluding hydrogens is 460 g/mol. The largest absolute Gasteiger partial charge is 0.478 e. The van der Waals surface area contributed by atoms with Gasteiger partial charge < -0.3 is 15.7 Å². The predicted octanol–water partition coefficient (Wildman–Crippen LogP) is 5.18. The van der Waals surface area contributed by atoms with Gasteiger partial charge in [0.15, 0.2) is 0 Å². The summed E-state index contributed by atoms with van der Waals surface area (Å²) in [7, 11) is 0. The number of carboxylic acid groups (broad SMARTS) is 1. The van der Waals surface area contributed by atoms with Crippen molar-refractivity contribution in [3.63, 3.8) is 0 Å². The number of carbonyl (C=O) groups excluding carboxylic acids is 2. The van der Waals surface area contributed by atoms with Gasteiger partial charge in [-0.05, 0) is 47.9 Å². The van der Waals surface area contributed by atoms with Crippen molar-refractivity contribution in [1.29, 1.82) is 0 Å². The van der Waals surface area contributed by atoms with Crippen molar-refractivity contribution in [2.75, 3.05) is 12.3 Å². The smallest absolute Gasteiger partial charge is 0.336 e. The quantitative estimate of drug-likeness (QED) is 0.270. The molecule has 2 aromatic carbocycles. The summed E-state index contributed by atoms with van der Waals surface area (Å²) in [4.78, 5) is 36.7. The number of carbonyl (C=O) groups is 3. The van der Waals surface area contributed by atoms with Gasteiger partial charge in [0.05, 0.1) is 5.56 Å². The van der Waals surface area contributed by atoms with Gasteiger partial charge >= 0.3 is 5.97 Å². The first-order chi connectivity index (χ1) is 16.8. The van der Waals surface area contributed by atoms with Crippen LogP contribution in [0.15, 0.2) is 48.5 Å². The number of aromatic carboxylic acids is 1. The molecule has 2 unspecified atom stereocenters. The van der Waals surface area contributed by atoms with E-state index in [-0.39, 0.29) is 29.2 Å². The zero-order chi connectivity index (χ0) is 25.8. The van der Waals surface area contributed by atoms with E-state index in [1.165, 1.54) is 0 Å². The number of hydrogen-bond acceptors (Lipinski definition) is 4. The molecule has 0 aliphatic heterocycles. The Morgan fingerprint density at radius 2 is 1.57 bits per heavy atom. The zero-order valence-electron chi connectivity index (χ0n) is 20.9. The highest BCUT2D eigenvalue weighted by Crippen LogP contribution is 2.24. The highest BCUT2D eigenvalue weighted by molar-refractivity contribution is 7.80. The molecule has 0 heterocycles. The van der Waals surface area contributed by atoms with Crippen molar-refractivity contribution in [2.24, 2.45) is 17.8 Å². The average Bonchev–Trinajstić information content (AvgIpc) is 2.85. The third kappa shape index (κ3) is 9.06. The average molecular weight is 499 g/mol. The summed E-state index contributed by atoms with van der Waals surface area (Å²) >= 11 is 4.31. The van der Waals surface area contributed by atoms with Crippen LogP contribution in [-0.2, 0) is 16.1 Å². The molecular formula is C28H38N2O4S. The SMILES string of the molecule is CCCC(CCNC(=O)C(CS)CC(C)C)C(=O)NCc1ccc(-c2ccccc2C(=O)O)cc1. The van der Waals surface area contributed by atoms with Crippen LogP contribution in [0.3, 0.4) is 0 Å². The Balaban J connectivity index is 1.90. The van der Waals surface area contributed by atoms with Crippen LogP contribution in [0.25, 0.3) is 11.1 Å². The maximum absolute atomic E-state index is 12.8. The van der Waals surface area contributed by atoms with Gasteiger partial charge in [-0.3, -0.25) is 9.59 Å². The molecule has 0 aliphatic carbocycles. The maximum atomic E-state index is 12.8. The van der Waals surface area contributed by atoms with Crippen LogP contribution in [0.1, 0.15) is 62.4 Å². The summed E-state index contributed by atoms with van der Waals surface area (Å²) in [5.41, 5.74) is 2.67. The van der Waals surface area contributed by atoms with E-state index in [9.17, 15) is 19.5 Å². The molecule has 35 heavy (non-hydrogen) atoms. The van der Waals surface area contributed by atoms with E-state index in [4.69, 9.17) is 0 Å². The van der Waals surface area contributed by atoms with E-state index in [1.807, 2.05) is 37.3 Å². The fourth-order valence-electron chi connectivity index (χ4n) is 4.16. The summed E-state index contributed by atoms with van der Waals surface area (Å²) in [5.74, 6) is -0.301. The zero-order valence-corrected chi connectivity index (χ0v) is 21.8. The molecule has 0 bridgehead atoms. The van der Waals surface area contributed by atoms with E-state index in [0.717, 1.165) is 30.4 Å². The van der Waals surface area contributed by atoms with E-state index in [1.54, 1.807) is 18.2 Å². The van der Waals surface area contributed by atoms with E-state index >= 15 is 0 Å². The Morgan fingerprint density at radius 1 is 0.914 bits per heavy atom. The van der Waals surface area contributed by atoms with Crippen LogP contribution < -0.4 is 10.6 Å². The lowest BCUT2D eigenvalue weighted by molar-refractivity contribution is -0.127. The summed E-state index contributed by atoms with van der Waals surface area (Å²) in [6.07, 6.45) is 3.04. The molecule has 0 fully saturated rings. The number of benzene rings is 2. The summed E-state index contributed by atoms with van der Waals surface area (Å²) in [5, 5.41) is 15.4. The minimum absolute atomic E-state index is 0.00826. The van der Waals surface area contributed by atoms with E-state index in [0.29, 0.717) is 36.7 Å². The second-order valence-corrected chi connectivity index (χ2v) is 9.70. The van der Waals surface area contributed by atoms with Crippen molar-refractivity contribution >= 4 is 30.4 Å². The molecule has 6 nitrogen and oxygen atoms in total. The Bertz CT molecular complexity index is 975. The first kappa shape index (κ1) is 28.4. The van der Waals surface area contributed by atoms with E-state index < -0.39 is 5.97 Å². The lowest BCUT2D eigenvalue weighted by Crippen LogP contribution is -2.36. The molecule has 190 valence electrons. The van der Waals surface area contributed by atoms with Gasteiger partial charge in [-0.15, -0.1) is 0 Å². The fourth-order valence-corrected chi connectivity index (χ4v) is 4.47. The molecule has 2 atom stereocenters. The lowest BCUT2D eigenvalue weighted by atomic mass is 9.96. The first-order valence-corrected chi connectivity index (χ1v) is 13.0. The van der Waals surface area contributed by atoms with Gasteiger partial charge in [0.1, 0.15) is 0 Å². The van der Waals surface area contributed by atoms with Gasteiger partial charge in [0.2, 0.25) is 11.8 Å². The molecule has 2 amide bonds. The Hall–Kier alpha value is -2.80. The van der Waals surface area contributed by atoms with Crippen LogP contribution in [-0.4, -0.2) is 35.2 Å². The van der Waals surface area contributed by atoms with Crippen LogP contribution in [0.5, 0.6) is 0 Å². The predicted molar refractivity (Wildman–Crippen MR) is 144 cm³/mol. The summed E-state index contributed by atoms with van der Waals surface area (Å²) in [6.45, 7) is 7.09. The number of carboxylic acids is 1. The van der Waals surface area contributed by atoms with Crippen molar-refractivity contribution in [2.45, 2.75) is 53.0 Å². The molecule has 0 radical (unpaired) electrons. The normalized spacial score (nSPS) is 12.7. The van der Waals surface area contributed by atoms with Gasteiger partial charge in [0, 0.05) is 30.7 Å². The van der Waals surface area contributed by atoms with E-state index in [2.05, 4.69) is 37.1 Å². The monoisotopic (exact) mass is 498 g/mol. The number of thiol groups is 1.